The lowest BCUT2D eigenvalue weighted by molar-refractivity contribution is 0.282. The Bertz CT molecular complexity index is 346. The molecule has 0 aliphatic rings. The summed E-state index contributed by atoms with van der Waals surface area (Å²) in [5, 5.41) is 15.8. The fourth-order valence-electron chi connectivity index (χ4n) is 2.92. The molecule has 2 nitrogen and oxygen atoms in total. The molecule has 2 heteroatoms. The van der Waals surface area contributed by atoms with Gasteiger partial charge in [-0.1, -0.05) is 95.9 Å². The van der Waals surface area contributed by atoms with Crippen molar-refractivity contribution in [3.63, 3.8) is 0 Å². The van der Waals surface area contributed by atoms with Crippen molar-refractivity contribution in [1.29, 1.82) is 5.41 Å². The Morgan fingerprint density at radius 3 is 1.64 bits per heavy atom. The first-order valence-electron chi connectivity index (χ1n) is 12.1. The largest absolute Gasteiger partial charge is 0.396 e. The predicted molar refractivity (Wildman–Crippen MR) is 129 cm³/mol. The van der Waals surface area contributed by atoms with Crippen molar-refractivity contribution in [2.45, 2.75) is 130 Å². The molecule has 0 aromatic rings. The fraction of sp³-hybridized carbons (Fsp3) is 0.808. The highest BCUT2D eigenvalue weighted by atomic mass is 16.2. The summed E-state index contributed by atoms with van der Waals surface area (Å²) in [4.78, 5) is 0. The second kappa shape index (κ2) is 28.3. The molecule has 0 aromatic carbocycles. The van der Waals surface area contributed by atoms with E-state index in [0.29, 0.717) is 6.61 Å². The molecule has 0 bridgehead atoms. The number of unbranched alkanes of at least 4 members (excludes halogenated alkanes) is 12. The van der Waals surface area contributed by atoms with Crippen LogP contribution in [0.5, 0.6) is 0 Å². The third kappa shape index (κ3) is 32.8. The van der Waals surface area contributed by atoms with Crippen molar-refractivity contribution < 1.29 is 5.11 Å². The lowest BCUT2D eigenvalue weighted by atomic mass is 10.1. The van der Waals surface area contributed by atoms with Gasteiger partial charge in [0.15, 0.2) is 0 Å². The van der Waals surface area contributed by atoms with Gasteiger partial charge in [0.1, 0.15) is 0 Å². The molecule has 0 saturated carbocycles. The van der Waals surface area contributed by atoms with Gasteiger partial charge in [-0.3, -0.25) is 0 Å². The van der Waals surface area contributed by atoms with Gasteiger partial charge in [-0.05, 0) is 58.3 Å². The molecule has 0 aliphatic carbocycles. The molecule has 0 saturated heterocycles. The third-order valence-corrected chi connectivity index (χ3v) is 4.76. The Hall–Kier alpha value is -0.890. The fourth-order valence-corrected chi connectivity index (χ4v) is 2.92. The molecular formula is C26H51NO. The van der Waals surface area contributed by atoms with Crippen LogP contribution in [-0.2, 0) is 0 Å². The Balaban J connectivity index is 0. The number of hydrogen-bond donors (Lipinski definition) is 2. The number of hydrogen-bond acceptors (Lipinski definition) is 2. The summed E-state index contributed by atoms with van der Waals surface area (Å²) in [6.07, 6.45) is 30.4. The smallest absolute Gasteiger partial charge is 0.0431 e. The summed E-state index contributed by atoms with van der Waals surface area (Å²) in [6, 6.07) is 0. The monoisotopic (exact) mass is 393 g/mol. The number of allylic oxidation sites excluding steroid dienone is 4. The van der Waals surface area contributed by atoms with Crippen LogP contribution in [0.15, 0.2) is 24.3 Å². The van der Waals surface area contributed by atoms with E-state index in [1.54, 1.807) is 0 Å². The topological polar surface area (TPSA) is 44.1 Å². The summed E-state index contributed by atoms with van der Waals surface area (Å²) in [5.74, 6) is 0. The molecule has 0 amide bonds. The maximum atomic E-state index is 8.66. The Morgan fingerprint density at radius 1 is 0.643 bits per heavy atom. The van der Waals surface area contributed by atoms with Crippen molar-refractivity contribution in [3.05, 3.63) is 24.3 Å². The highest BCUT2D eigenvalue weighted by Gasteiger charge is 1.89. The minimum atomic E-state index is 0.356. The van der Waals surface area contributed by atoms with Crippen LogP contribution >= 0.6 is 0 Å². The minimum Gasteiger partial charge on any atom is -0.396 e. The van der Waals surface area contributed by atoms with Crippen molar-refractivity contribution in [1.82, 2.24) is 0 Å². The van der Waals surface area contributed by atoms with E-state index < -0.39 is 0 Å². The van der Waals surface area contributed by atoms with Crippen LogP contribution in [-0.4, -0.2) is 17.4 Å². The Morgan fingerprint density at radius 2 is 1.11 bits per heavy atom. The van der Waals surface area contributed by atoms with Crippen molar-refractivity contribution in [3.8, 4) is 0 Å². The molecule has 0 spiro atoms. The molecule has 0 aliphatic heterocycles. The summed E-state index contributed by atoms with van der Waals surface area (Å²) < 4.78 is 0. The summed E-state index contributed by atoms with van der Waals surface area (Å²) in [5.41, 5.74) is 0.825. The zero-order valence-electron chi connectivity index (χ0n) is 19.5. The van der Waals surface area contributed by atoms with Crippen LogP contribution in [0.1, 0.15) is 130 Å². The molecule has 0 radical (unpaired) electrons. The summed E-state index contributed by atoms with van der Waals surface area (Å²) in [6.45, 7) is 6.69. The molecule has 0 fully saturated rings. The maximum Gasteiger partial charge on any atom is 0.0431 e. The highest BCUT2D eigenvalue weighted by molar-refractivity contribution is 5.78. The molecule has 2 N–H and O–H groups in total. The molecule has 0 atom stereocenters. The van der Waals surface area contributed by atoms with Gasteiger partial charge in [-0.25, -0.2) is 0 Å². The SMILES string of the molecule is CCCCC/C=C\C/C=C\CCCCCCCCO.CCCCCCC(C)=N. The van der Waals surface area contributed by atoms with Gasteiger partial charge >= 0.3 is 0 Å². The lowest BCUT2D eigenvalue weighted by Gasteiger charge is -1.98. The van der Waals surface area contributed by atoms with E-state index in [1.165, 1.54) is 89.9 Å². The Labute approximate surface area is 177 Å². The zero-order chi connectivity index (χ0) is 21.1. The van der Waals surface area contributed by atoms with Gasteiger partial charge in [0.05, 0.1) is 0 Å². The van der Waals surface area contributed by atoms with Crippen LogP contribution in [0.25, 0.3) is 0 Å². The molecule has 166 valence electrons. The minimum absolute atomic E-state index is 0.356. The van der Waals surface area contributed by atoms with Gasteiger partial charge in [0.25, 0.3) is 0 Å². The van der Waals surface area contributed by atoms with E-state index in [-0.39, 0.29) is 0 Å². The molecule has 28 heavy (non-hydrogen) atoms. The molecule has 0 rings (SSSR count). The first-order valence-corrected chi connectivity index (χ1v) is 12.1. The van der Waals surface area contributed by atoms with Crippen LogP contribution in [0.2, 0.25) is 0 Å². The van der Waals surface area contributed by atoms with Gasteiger partial charge in [0, 0.05) is 12.3 Å². The standard InChI is InChI=1S/C18H34O.C8H17N/c1-2-3-4-5-6-7-8-9-10-11-12-13-14-15-16-17-18-19;1-3-4-5-6-7-8(2)9/h6-7,9-10,19H,2-5,8,11-18H2,1H3;9H,3-7H2,1-2H3/b7-6-,10-9-;. The normalized spacial score (nSPS) is 11.1. The van der Waals surface area contributed by atoms with Crippen LogP contribution in [0.4, 0.5) is 0 Å². The first-order chi connectivity index (χ1) is 13.7. The van der Waals surface area contributed by atoms with E-state index in [4.69, 9.17) is 10.5 Å². The average molecular weight is 394 g/mol. The van der Waals surface area contributed by atoms with E-state index in [1.807, 2.05) is 6.92 Å². The van der Waals surface area contributed by atoms with Crippen LogP contribution in [0, 0.1) is 5.41 Å². The lowest BCUT2D eigenvalue weighted by Crippen LogP contribution is -1.87. The Kier molecular flexibility index (Phi) is 29.6. The maximum absolute atomic E-state index is 8.66. The molecular weight excluding hydrogens is 342 g/mol. The molecule has 0 aromatic heterocycles. The van der Waals surface area contributed by atoms with Crippen molar-refractivity contribution >= 4 is 5.71 Å². The molecule has 0 unspecified atom stereocenters. The molecule has 0 heterocycles. The van der Waals surface area contributed by atoms with Gasteiger partial charge in [-0.15, -0.1) is 0 Å². The summed E-state index contributed by atoms with van der Waals surface area (Å²) in [7, 11) is 0. The second-order valence-electron chi connectivity index (χ2n) is 7.90. The van der Waals surface area contributed by atoms with Gasteiger partial charge in [-0.2, -0.15) is 0 Å². The quantitative estimate of drug-likeness (QED) is 0.128. The first kappa shape index (κ1) is 29.3. The third-order valence-electron chi connectivity index (χ3n) is 4.76. The zero-order valence-corrected chi connectivity index (χ0v) is 19.5. The van der Waals surface area contributed by atoms with Crippen LogP contribution in [0.3, 0.4) is 0 Å². The second-order valence-corrected chi connectivity index (χ2v) is 7.90. The average Bonchev–Trinajstić information content (AvgIpc) is 2.69. The van der Waals surface area contributed by atoms with Gasteiger partial charge in [0.2, 0.25) is 0 Å². The number of nitrogens with one attached hydrogen (secondary N) is 1. The highest BCUT2D eigenvalue weighted by Crippen LogP contribution is 2.07. The van der Waals surface area contributed by atoms with E-state index in [0.717, 1.165) is 25.0 Å². The number of aliphatic hydroxyl groups is 1. The van der Waals surface area contributed by atoms with E-state index in [9.17, 15) is 0 Å². The van der Waals surface area contributed by atoms with E-state index in [2.05, 4.69) is 38.2 Å². The number of aliphatic hydroxyl groups excluding tert-OH is 1. The van der Waals surface area contributed by atoms with Crippen molar-refractivity contribution in [2.75, 3.05) is 6.61 Å². The van der Waals surface area contributed by atoms with Gasteiger partial charge < -0.3 is 10.5 Å². The van der Waals surface area contributed by atoms with E-state index >= 15 is 0 Å². The number of rotatable bonds is 19. The van der Waals surface area contributed by atoms with Crippen molar-refractivity contribution in [2.24, 2.45) is 0 Å². The predicted octanol–water partition coefficient (Wildman–Crippen LogP) is 8.79. The van der Waals surface area contributed by atoms with Crippen LogP contribution < -0.4 is 0 Å². The summed E-state index contributed by atoms with van der Waals surface area (Å²) >= 11 is 0.